The average Bonchev–Trinajstić information content (AvgIpc) is 3.41. The van der Waals surface area contributed by atoms with Gasteiger partial charge in [-0.2, -0.15) is 0 Å². The molecule has 0 saturated carbocycles. The van der Waals surface area contributed by atoms with Crippen LogP contribution in [0.4, 0.5) is 0 Å². The van der Waals surface area contributed by atoms with E-state index in [2.05, 4.69) is 172 Å². The predicted octanol–water partition coefficient (Wildman–Crippen LogP) is 9.46. The number of hydrogen-bond donors (Lipinski definition) is 0. The van der Waals surface area contributed by atoms with Gasteiger partial charge >= 0.3 is 0 Å². The molecule has 6 aromatic rings. The van der Waals surface area contributed by atoms with E-state index in [1.54, 1.807) is 0 Å². The molecule has 0 fully saturated rings. The Morgan fingerprint density at radius 3 is 1.06 bits per heavy atom. The third-order valence-corrected chi connectivity index (χ3v) is 16.1. The van der Waals surface area contributed by atoms with Crippen LogP contribution in [0.5, 0.6) is 11.5 Å². The van der Waals surface area contributed by atoms with Gasteiger partial charge in [0.2, 0.25) is 0 Å². The fraction of sp³-hybridized carbons (Fsp3) is 0.163. The third-order valence-electron chi connectivity index (χ3n) is 9.39. The van der Waals surface area contributed by atoms with Crippen LogP contribution in [-0.2, 0) is 4.90 Å². The van der Waals surface area contributed by atoms with Gasteiger partial charge in [-0.3, -0.25) is 0 Å². The molecular formula is C43H38O2P2. The van der Waals surface area contributed by atoms with Crippen molar-refractivity contribution in [2.24, 2.45) is 0 Å². The highest BCUT2D eigenvalue weighted by molar-refractivity contribution is 7.90. The molecule has 0 radical (unpaired) electrons. The Morgan fingerprint density at radius 1 is 0.426 bits per heavy atom. The summed E-state index contributed by atoms with van der Waals surface area (Å²) in [6.45, 7) is 4.40. The van der Waals surface area contributed by atoms with Crippen LogP contribution in [0, 0.1) is 0 Å². The highest BCUT2D eigenvalue weighted by atomic mass is 31.2. The first-order chi connectivity index (χ1) is 23.2. The van der Waals surface area contributed by atoms with Crippen molar-refractivity contribution in [2.45, 2.75) is 43.8 Å². The molecule has 2 atom stereocenters. The van der Waals surface area contributed by atoms with E-state index >= 15 is 0 Å². The summed E-state index contributed by atoms with van der Waals surface area (Å²) < 4.78 is 13.9. The van der Waals surface area contributed by atoms with Crippen molar-refractivity contribution in [1.82, 2.24) is 0 Å². The number of benzene rings is 6. The zero-order chi connectivity index (χ0) is 31.8. The molecular weight excluding hydrogens is 610 g/mol. The summed E-state index contributed by atoms with van der Waals surface area (Å²) in [5.41, 5.74) is 5.05. The predicted molar refractivity (Wildman–Crippen MR) is 200 cm³/mol. The Morgan fingerprint density at radius 2 is 0.745 bits per heavy atom. The molecule has 4 heteroatoms. The second kappa shape index (κ2) is 12.8. The normalized spacial score (nSPS) is 17.9. The van der Waals surface area contributed by atoms with E-state index in [1.165, 1.54) is 43.5 Å². The quantitative estimate of drug-likeness (QED) is 0.168. The van der Waals surface area contributed by atoms with Gasteiger partial charge in [0.05, 0.1) is 17.1 Å². The molecule has 1 aliphatic heterocycles. The van der Waals surface area contributed by atoms with Crippen LogP contribution in [0.1, 0.15) is 37.8 Å². The van der Waals surface area contributed by atoms with E-state index in [9.17, 15) is 0 Å². The maximum Gasteiger partial charge on any atom is 0.128 e. The van der Waals surface area contributed by atoms with Crippen molar-refractivity contribution >= 4 is 37.1 Å². The molecule has 0 amide bonds. The van der Waals surface area contributed by atoms with Gasteiger partial charge < -0.3 is 9.47 Å². The highest BCUT2D eigenvalue weighted by Crippen LogP contribution is 2.79. The summed E-state index contributed by atoms with van der Waals surface area (Å²) in [6.07, 6.45) is 2.02. The fourth-order valence-corrected chi connectivity index (χ4v) is 15.3. The van der Waals surface area contributed by atoms with E-state index in [1.807, 2.05) is 0 Å². The molecule has 0 N–H and O–H groups in total. The second-order valence-corrected chi connectivity index (χ2v) is 17.6. The first-order valence-corrected chi connectivity index (χ1v) is 19.3. The number of rotatable bonds is 6. The lowest BCUT2D eigenvalue weighted by Gasteiger charge is -2.47. The molecule has 232 valence electrons. The van der Waals surface area contributed by atoms with E-state index in [0.29, 0.717) is 0 Å². The van der Waals surface area contributed by atoms with Gasteiger partial charge in [-0.15, -0.1) is 0 Å². The summed E-state index contributed by atoms with van der Waals surface area (Å²) in [5, 5.41) is 5.43. The minimum Gasteiger partial charge on any atom is -0.490 e. The van der Waals surface area contributed by atoms with Crippen LogP contribution in [-0.4, -0.2) is 12.2 Å². The van der Waals surface area contributed by atoms with Gasteiger partial charge in [0.15, 0.2) is 0 Å². The first kappa shape index (κ1) is 30.1. The minimum atomic E-state index is -1.03. The minimum absolute atomic E-state index is 0.0748. The third kappa shape index (κ3) is 5.20. The summed E-state index contributed by atoms with van der Waals surface area (Å²) in [7, 11) is -2.06. The molecule has 1 heterocycles. The Balaban J connectivity index is 1.59. The molecule has 2 unspecified atom stereocenters. The molecule has 8 rings (SSSR count). The van der Waals surface area contributed by atoms with Crippen LogP contribution in [0.2, 0.25) is 0 Å². The molecule has 0 aromatic heterocycles. The van der Waals surface area contributed by atoms with Crippen LogP contribution >= 0.6 is 15.8 Å². The van der Waals surface area contributed by atoms with Crippen LogP contribution < -0.4 is 30.7 Å². The van der Waals surface area contributed by atoms with Crippen LogP contribution in [0.15, 0.2) is 158 Å². The SMILES string of the molecule is CC1CCC(C)Oc2cccc3c2-c2c(cccc2C3(P(c2ccccc2)c2ccccc2)P(c2ccccc2)c2ccccc2)O1. The average molecular weight is 649 g/mol. The summed E-state index contributed by atoms with van der Waals surface area (Å²) >= 11 is 0. The monoisotopic (exact) mass is 648 g/mol. The van der Waals surface area contributed by atoms with Crippen molar-refractivity contribution in [3.05, 3.63) is 169 Å². The van der Waals surface area contributed by atoms with Crippen molar-refractivity contribution in [1.29, 1.82) is 0 Å². The van der Waals surface area contributed by atoms with Crippen molar-refractivity contribution in [3.8, 4) is 22.6 Å². The lowest BCUT2D eigenvalue weighted by atomic mass is 10.0. The van der Waals surface area contributed by atoms with Crippen molar-refractivity contribution < 1.29 is 9.47 Å². The Kier molecular flexibility index (Phi) is 8.18. The first-order valence-electron chi connectivity index (χ1n) is 16.6. The highest BCUT2D eigenvalue weighted by Gasteiger charge is 2.57. The van der Waals surface area contributed by atoms with Gasteiger partial charge in [-0.1, -0.05) is 146 Å². The Bertz CT molecular complexity index is 1750. The second-order valence-electron chi connectivity index (χ2n) is 12.5. The van der Waals surface area contributed by atoms with E-state index in [4.69, 9.17) is 9.47 Å². The largest absolute Gasteiger partial charge is 0.490 e. The molecule has 0 saturated heterocycles. The maximum absolute atomic E-state index is 6.93. The summed E-state index contributed by atoms with van der Waals surface area (Å²) in [5.74, 6) is 1.91. The maximum atomic E-state index is 6.93. The Hall–Kier alpha value is -4.22. The van der Waals surface area contributed by atoms with Gasteiger partial charge in [0.1, 0.15) is 11.5 Å². The van der Waals surface area contributed by atoms with E-state index < -0.39 is 20.7 Å². The number of ether oxygens (including phenoxy) is 2. The standard InChI is InChI=1S/C43H38O2P2/c1-31-29-30-32(2)45-40-28-16-26-38-42(40)41-37(25-15-27-39(41)44-31)43(38,46(33-17-7-3-8-18-33)34-19-9-4-10-20-34)47(35-21-11-5-12-22-35)36-23-13-6-14-24-36/h3-28,31-32H,29-30H2,1-2H3. The van der Waals surface area contributed by atoms with Gasteiger partial charge in [0.25, 0.3) is 0 Å². The lowest BCUT2D eigenvalue weighted by Crippen LogP contribution is -2.37. The molecule has 2 aliphatic rings. The zero-order valence-corrected chi connectivity index (χ0v) is 28.6. The van der Waals surface area contributed by atoms with Crippen molar-refractivity contribution in [3.63, 3.8) is 0 Å². The molecule has 2 nitrogen and oxygen atoms in total. The molecule has 1 aliphatic carbocycles. The smallest absolute Gasteiger partial charge is 0.128 e. The van der Waals surface area contributed by atoms with Crippen LogP contribution in [0.3, 0.4) is 0 Å². The number of hydrogen-bond acceptors (Lipinski definition) is 2. The fourth-order valence-electron chi connectivity index (χ4n) is 7.46. The molecule has 0 spiro atoms. The Labute approximate surface area is 280 Å². The van der Waals surface area contributed by atoms with Gasteiger partial charge in [-0.25, -0.2) is 0 Å². The van der Waals surface area contributed by atoms with E-state index in [0.717, 1.165) is 24.3 Å². The molecule has 47 heavy (non-hydrogen) atoms. The summed E-state index contributed by atoms with van der Waals surface area (Å²) in [6, 6.07) is 58.6. The summed E-state index contributed by atoms with van der Waals surface area (Å²) in [4.78, 5) is -0.444. The topological polar surface area (TPSA) is 18.5 Å². The molecule has 0 bridgehead atoms. The van der Waals surface area contributed by atoms with Crippen molar-refractivity contribution in [2.75, 3.05) is 0 Å². The van der Waals surface area contributed by atoms with E-state index in [-0.39, 0.29) is 12.2 Å². The van der Waals surface area contributed by atoms with Gasteiger partial charge in [-0.05, 0) is 87.0 Å². The lowest BCUT2D eigenvalue weighted by molar-refractivity contribution is 0.158. The van der Waals surface area contributed by atoms with Gasteiger partial charge in [0, 0.05) is 11.1 Å². The molecule has 6 aromatic carbocycles. The zero-order valence-electron chi connectivity index (χ0n) is 26.8. The van der Waals surface area contributed by atoms with Crippen LogP contribution in [0.25, 0.3) is 11.1 Å².